The summed E-state index contributed by atoms with van der Waals surface area (Å²) in [6.07, 6.45) is 0. The molecule has 0 aromatic heterocycles. The number of anilines is 4. The Balaban J connectivity index is 0.00000352. The third-order valence-electron chi connectivity index (χ3n) is 8.95. The second-order valence-corrected chi connectivity index (χ2v) is 18.6. The van der Waals surface area contributed by atoms with Crippen LogP contribution in [0.15, 0.2) is 117 Å². The number of carbonyl (C=O) groups is 3. The summed E-state index contributed by atoms with van der Waals surface area (Å²) < 4.78 is 141. The molecule has 0 spiro atoms. The molecular formula is C37H26N4Na4O15S4. The van der Waals surface area contributed by atoms with Gasteiger partial charge in [-0.25, -0.2) is 38.5 Å². The molecule has 4 amide bonds. The van der Waals surface area contributed by atoms with Gasteiger partial charge in [-0.1, -0.05) is 24.3 Å². The smallest absolute Gasteiger partial charge is 0.744 e. The third-order valence-corrected chi connectivity index (χ3v) is 12.2. The van der Waals surface area contributed by atoms with Crippen LogP contribution >= 0.6 is 0 Å². The molecule has 0 fully saturated rings. The maximum absolute atomic E-state index is 13.4. The van der Waals surface area contributed by atoms with Crippen molar-refractivity contribution in [1.82, 2.24) is 0 Å². The van der Waals surface area contributed by atoms with Crippen LogP contribution in [0.25, 0.3) is 21.5 Å². The average Bonchev–Trinajstić information content (AvgIpc) is 3.14. The SMILES string of the molecule is Cc1ccc(C(=O)Nc2cc(S(=O)(=O)[O-])cc3ccc(S(=O)(=O)[O-])cc23)cc1NC(=O)Nc1cc(C(=O)Nc2cc(S(=O)(=O)[O-])cc3ccc(S(=O)(=O)[O-])cc23)ccc1C.[Na+].[Na+].[Na+].[Na+]. The first-order chi connectivity index (χ1) is 27.8. The number of urea groups is 1. The average molecular weight is 987 g/mol. The first-order valence-electron chi connectivity index (χ1n) is 16.7. The standard InChI is InChI=1S/C37H30N4O15S4.4Na/c1-19-3-5-23(35(42)38-33-17-27(59(51,52)53)11-21-7-9-25(15-29(21)33)57(45,46)47)13-31(19)40-37(44)41-32-14-24(6-4-20(32)2)36(43)39-34-18-28(60(54,55)56)12-22-8-10-26(16-30(22)34)58(48,49)50;;;;/h3-18H,1-2H3,(H,38,42)(H,39,43)(H2,40,41,44)(H,45,46,47)(H,48,49,50)(H,51,52,53)(H,54,55,56);;;;/q;4*+1/p-4. The molecule has 19 nitrogen and oxygen atoms in total. The van der Waals surface area contributed by atoms with Gasteiger partial charge in [0.1, 0.15) is 40.5 Å². The molecular weight excluding hydrogens is 961 g/mol. The van der Waals surface area contributed by atoms with Crippen LogP contribution in [0.2, 0.25) is 0 Å². The van der Waals surface area contributed by atoms with Crippen molar-refractivity contribution in [2.45, 2.75) is 33.4 Å². The van der Waals surface area contributed by atoms with Crippen molar-refractivity contribution < 1.29 is 184 Å². The fourth-order valence-electron chi connectivity index (χ4n) is 5.89. The van der Waals surface area contributed by atoms with Crippen LogP contribution in [-0.4, -0.2) is 69.7 Å². The third kappa shape index (κ3) is 13.9. The van der Waals surface area contributed by atoms with E-state index in [4.69, 9.17) is 0 Å². The molecule has 0 unspecified atom stereocenters. The summed E-state index contributed by atoms with van der Waals surface area (Å²) in [6, 6.07) is 16.5. The fraction of sp³-hybridized carbons (Fsp3) is 0.0541. The largest absolute Gasteiger partial charge is 1.00 e. The van der Waals surface area contributed by atoms with Crippen LogP contribution in [0.3, 0.4) is 0 Å². The summed E-state index contributed by atoms with van der Waals surface area (Å²) in [6.45, 7) is 3.17. The number of benzene rings is 6. The molecule has 6 rings (SSSR count). The van der Waals surface area contributed by atoms with Crippen molar-refractivity contribution >= 4 is 103 Å². The first kappa shape index (κ1) is 57.8. The van der Waals surface area contributed by atoms with Gasteiger partial charge < -0.3 is 39.5 Å². The molecule has 4 N–H and O–H groups in total. The Morgan fingerprint density at radius 3 is 1.03 bits per heavy atom. The maximum Gasteiger partial charge on any atom is 1.00 e. The van der Waals surface area contributed by atoms with Crippen molar-refractivity contribution in [3.63, 3.8) is 0 Å². The van der Waals surface area contributed by atoms with Gasteiger partial charge in [0.2, 0.25) is 0 Å². The zero-order valence-electron chi connectivity index (χ0n) is 34.5. The number of hydrogen-bond donors (Lipinski definition) is 4. The fourth-order valence-corrected chi connectivity index (χ4v) is 7.95. The van der Waals surface area contributed by atoms with Crippen molar-refractivity contribution in [3.05, 3.63) is 119 Å². The molecule has 0 radical (unpaired) electrons. The molecule has 0 atom stereocenters. The minimum absolute atomic E-state index is 0. The molecule has 0 saturated carbocycles. The first-order valence-corrected chi connectivity index (χ1v) is 22.3. The van der Waals surface area contributed by atoms with E-state index >= 15 is 0 Å². The van der Waals surface area contributed by atoms with E-state index in [1.54, 1.807) is 13.8 Å². The molecule has 312 valence electrons. The van der Waals surface area contributed by atoms with Gasteiger partial charge in [-0.3, -0.25) is 9.59 Å². The minimum atomic E-state index is -5.07. The molecule has 64 heavy (non-hydrogen) atoms. The summed E-state index contributed by atoms with van der Waals surface area (Å²) >= 11 is 0. The van der Waals surface area contributed by atoms with Crippen LogP contribution in [0, 0.1) is 13.8 Å². The minimum Gasteiger partial charge on any atom is -0.744 e. The zero-order valence-corrected chi connectivity index (χ0v) is 45.8. The van der Waals surface area contributed by atoms with E-state index in [0.717, 1.165) is 60.7 Å². The van der Waals surface area contributed by atoms with Crippen LogP contribution in [-0.2, 0) is 40.5 Å². The van der Waals surface area contributed by atoms with E-state index < -0.39 is 77.9 Å². The van der Waals surface area contributed by atoms with Gasteiger partial charge in [-0.2, -0.15) is 0 Å². The molecule has 0 saturated heterocycles. The molecule has 27 heteroatoms. The van der Waals surface area contributed by atoms with Gasteiger partial charge in [-0.05, 0) is 109 Å². The van der Waals surface area contributed by atoms with E-state index in [1.807, 2.05) is 0 Å². The summed E-state index contributed by atoms with van der Waals surface area (Å²) in [4.78, 5) is 37.3. The second-order valence-electron chi connectivity index (χ2n) is 13.1. The van der Waals surface area contributed by atoms with Gasteiger partial charge in [0.25, 0.3) is 11.8 Å². The number of rotatable bonds is 10. The Hall–Kier alpha value is -2.31. The Morgan fingerprint density at radius 1 is 0.391 bits per heavy atom. The number of amides is 4. The van der Waals surface area contributed by atoms with E-state index in [9.17, 15) is 66.3 Å². The van der Waals surface area contributed by atoms with Crippen LogP contribution in [0.4, 0.5) is 27.5 Å². The van der Waals surface area contributed by atoms with Gasteiger partial charge in [0, 0.05) is 33.3 Å². The van der Waals surface area contributed by atoms with Gasteiger partial charge in [0.15, 0.2) is 0 Å². The monoisotopic (exact) mass is 986 g/mol. The quantitative estimate of drug-likeness (QED) is 0.0732. The molecule has 0 aliphatic rings. The van der Waals surface area contributed by atoms with Crippen molar-refractivity contribution in [2.24, 2.45) is 0 Å². The topological polar surface area (TPSA) is 328 Å². The summed E-state index contributed by atoms with van der Waals surface area (Å²) in [5.74, 6) is -1.80. The molecule has 6 aromatic rings. The molecule has 0 aliphatic carbocycles. The van der Waals surface area contributed by atoms with Crippen LogP contribution in [0.5, 0.6) is 0 Å². The van der Waals surface area contributed by atoms with Crippen molar-refractivity contribution in [2.75, 3.05) is 21.3 Å². The van der Waals surface area contributed by atoms with Crippen molar-refractivity contribution in [1.29, 1.82) is 0 Å². The molecule has 0 heterocycles. The van der Waals surface area contributed by atoms with Crippen LogP contribution < -0.4 is 139 Å². The Morgan fingerprint density at radius 2 is 0.719 bits per heavy atom. The van der Waals surface area contributed by atoms with Gasteiger partial charge in [0.05, 0.1) is 31.0 Å². The Bertz CT molecular complexity index is 3100. The Kier molecular flexibility index (Phi) is 20.1. The Labute approximate surface area is 455 Å². The molecule has 0 aliphatic heterocycles. The maximum atomic E-state index is 13.4. The predicted octanol–water partition coefficient (Wildman–Crippen LogP) is -7.61. The number of hydrogen-bond acceptors (Lipinski definition) is 15. The number of carbonyl (C=O) groups excluding carboxylic acids is 3. The van der Waals surface area contributed by atoms with Crippen LogP contribution in [0.1, 0.15) is 31.8 Å². The van der Waals surface area contributed by atoms with Gasteiger partial charge in [-0.15, -0.1) is 0 Å². The van der Waals surface area contributed by atoms with E-state index in [2.05, 4.69) is 21.3 Å². The normalized spacial score (nSPS) is 11.5. The van der Waals surface area contributed by atoms with Gasteiger partial charge >= 0.3 is 124 Å². The zero-order chi connectivity index (χ0) is 44.1. The second kappa shape index (κ2) is 22.2. The summed E-state index contributed by atoms with van der Waals surface area (Å²) in [7, 11) is -20.1. The summed E-state index contributed by atoms with van der Waals surface area (Å²) in [5, 5.41) is 9.81. The molecule has 0 bridgehead atoms. The molecule has 6 aromatic carbocycles. The van der Waals surface area contributed by atoms with Crippen molar-refractivity contribution in [3.8, 4) is 0 Å². The van der Waals surface area contributed by atoms with E-state index in [-0.39, 0.29) is 174 Å². The number of fused-ring (bicyclic) bond motifs is 2. The predicted molar refractivity (Wildman–Crippen MR) is 211 cm³/mol. The number of nitrogens with one attached hydrogen (secondary N) is 4. The van der Waals surface area contributed by atoms with E-state index in [0.29, 0.717) is 11.1 Å². The summed E-state index contributed by atoms with van der Waals surface area (Å²) in [5.41, 5.74) is 0.223. The van der Waals surface area contributed by atoms with E-state index in [1.165, 1.54) is 36.4 Å². The number of aryl methyl sites for hydroxylation is 2.